The molecule has 0 aromatic rings. The summed E-state index contributed by atoms with van der Waals surface area (Å²) in [7, 11) is -14.3. The van der Waals surface area contributed by atoms with Crippen LogP contribution in [0.25, 0.3) is 0 Å². The zero-order chi connectivity index (χ0) is 18.9. The molecule has 0 aromatic heterocycles. The third-order valence-corrected chi connectivity index (χ3v) is 5.92. The summed E-state index contributed by atoms with van der Waals surface area (Å²) in [6, 6.07) is 0. The molecule has 0 saturated heterocycles. The Labute approximate surface area is 126 Å². The van der Waals surface area contributed by atoms with Crippen molar-refractivity contribution in [3.8, 4) is 0 Å². The van der Waals surface area contributed by atoms with Crippen molar-refractivity contribution in [1.29, 1.82) is 0 Å². The van der Waals surface area contributed by atoms with Gasteiger partial charge in [0.2, 0.25) is 0 Å². The van der Waals surface area contributed by atoms with E-state index in [1.165, 1.54) is 6.92 Å². The fraction of sp³-hybridized carbons (Fsp3) is 0.750. The Kier molecular flexibility index (Phi) is 6.23. The topological polar surface area (TPSA) is 109 Å². The predicted octanol–water partition coefficient (Wildman–Crippen LogP) is 1.41. The Morgan fingerprint density at radius 2 is 1.30 bits per heavy atom. The van der Waals surface area contributed by atoms with E-state index in [1.54, 1.807) is 0 Å². The second kappa shape index (κ2) is 6.62. The van der Waals surface area contributed by atoms with Gasteiger partial charge in [-0.1, -0.05) is 13.3 Å². The lowest BCUT2D eigenvalue weighted by Crippen LogP contribution is -2.47. The van der Waals surface area contributed by atoms with Gasteiger partial charge in [-0.25, -0.2) is 4.79 Å². The monoisotopic (exact) mass is 394 g/mol. The number of hydrogen-bond donors (Lipinski definition) is 1. The summed E-state index contributed by atoms with van der Waals surface area (Å²) in [5.74, 6) is -2.54. The Morgan fingerprint density at radius 1 is 0.957 bits per heavy atom. The van der Waals surface area contributed by atoms with Crippen LogP contribution in [0.15, 0.2) is 0 Å². The number of carbonyl (C=O) groups is 1. The van der Waals surface area contributed by atoms with Crippen LogP contribution in [-0.4, -0.2) is 48.0 Å². The highest BCUT2D eigenvalue weighted by Crippen LogP contribution is 2.33. The molecule has 0 fully saturated rings. The van der Waals surface area contributed by atoms with Gasteiger partial charge in [0, 0.05) is 9.81 Å². The largest absolute Gasteiger partial charge is 0.561 e. The average molecular weight is 394 g/mol. The first-order valence-corrected chi connectivity index (χ1v) is 8.42. The van der Waals surface area contributed by atoms with E-state index in [4.69, 9.17) is 5.11 Å². The normalized spacial score (nSPS) is 13.7. The van der Waals surface area contributed by atoms with Gasteiger partial charge >= 0.3 is 37.0 Å². The van der Waals surface area contributed by atoms with Gasteiger partial charge in [-0.15, -0.1) is 0 Å². The molecular weight excluding hydrogens is 384 g/mol. The van der Waals surface area contributed by atoms with Crippen molar-refractivity contribution >= 4 is 31.7 Å². The lowest BCUT2D eigenvalue weighted by Gasteiger charge is -2.11. The first-order chi connectivity index (χ1) is 10.0. The second-order valence-corrected chi connectivity index (χ2v) is 7.74. The van der Waals surface area contributed by atoms with Crippen molar-refractivity contribution in [3.05, 3.63) is 0 Å². The Morgan fingerprint density at radius 3 is 1.52 bits per heavy atom. The van der Waals surface area contributed by atoms with Crippen LogP contribution in [-0.2, 0) is 24.8 Å². The molecule has 0 heterocycles. The minimum absolute atomic E-state index is 0.0444. The molecule has 0 unspecified atom stereocenters. The second-order valence-electron chi connectivity index (χ2n) is 3.95. The zero-order valence-electron chi connectivity index (χ0n) is 11.1. The fourth-order valence-electron chi connectivity index (χ4n) is 1.23. The minimum atomic E-state index is -7.15. The van der Waals surface area contributed by atoms with Crippen molar-refractivity contribution in [1.82, 2.24) is 0 Å². The molecular formula is C8H10F6NO6S2+. The molecule has 1 N–H and O–H groups in total. The van der Waals surface area contributed by atoms with Gasteiger partial charge in [0.25, 0.3) is 5.71 Å². The van der Waals surface area contributed by atoms with E-state index < -0.39 is 52.6 Å². The number of hydrogen-bond acceptors (Lipinski definition) is 5. The quantitative estimate of drug-likeness (QED) is 0.415. The number of sulfonamides is 2. The van der Waals surface area contributed by atoms with Gasteiger partial charge in [0.1, 0.15) is 0 Å². The summed E-state index contributed by atoms with van der Waals surface area (Å²) in [5.41, 5.74) is -15.0. The number of halogens is 6. The molecule has 15 heteroatoms. The molecule has 23 heavy (non-hydrogen) atoms. The maximum Gasteiger partial charge on any atom is 0.561 e. The summed E-state index contributed by atoms with van der Waals surface area (Å²) < 4.78 is 118. The van der Waals surface area contributed by atoms with Gasteiger partial charge in [-0.05, 0) is 6.42 Å². The number of carboxylic acids is 1. The van der Waals surface area contributed by atoms with Crippen molar-refractivity contribution in [2.75, 3.05) is 0 Å². The third-order valence-electron chi connectivity index (χ3n) is 2.26. The zero-order valence-corrected chi connectivity index (χ0v) is 12.8. The number of alkyl halides is 6. The van der Waals surface area contributed by atoms with Crippen LogP contribution < -0.4 is 0 Å². The lowest BCUT2D eigenvalue weighted by molar-refractivity contribution is -0.235. The SMILES string of the molecule is CCCCC(C(=O)O)=[N+](S(=O)(=O)C(F)(F)F)S(=O)(=O)C(F)(F)F. The van der Waals surface area contributed by atoms with Gasteiger partial charge in [-0.3, -0.25) is 0 Å². The fourth-order valence-corrected chi connectivity index (χ4v) is 4.06. The Balaban J connectivity index is 7.00. The average Bonchev–Trinajstić information content (AvgIpc) is 2.30. The van der Waals surface area contributed by atoms with Crippen molar-refractivity contribution in [2.45, 2.75) is 37.2 Å². The molecule has 0 aromatic carbocycles. The standard InChI is InChI=1S/C8H9F6NO6S2/c1-2-3-4-5(6(16)17)15(22(18,19)7(9,10)11)23(20,21)8(12,13)14/h2-4H2,1H3/p+1. The van der Waals surface area contributed by atoms with Gasteiger partial charge in [-0.2, -0.15) is 43.2 Å². The highest BCUT2D eigenvalue weighted by molar-refractivity contribution is 7.98. The summed E-state index contributed by atoms with van der Waals surface area (Å²) in [6.45, 7) is 1.36. The molecule has 0 aliphatic carbocycles. The molecule has 0 aliphatic heterocycles. The maximum absolute atomic E-state index is 12.5. The molecule has 0 radical (unpaired) electrons. The Hall–Kier alpha value is -1.38. The Bertz CT molecular complexity index is 656. The molecule has 0 saturated carbocycles. The first kappa shape index (κ1) is 21.6. The van der Waals surface area contributed by atoms with Gasteiger partial charge in [0.15, 0.2) is 0 Å². The summed E-state index contributed by atoms with van der Waals surface area (Å²) in [6.07, 6.45) is -1.46. The highest BCUT2D eigenvalue weighted by Gasteiger charge is 2.68. The predicted molar refractivity (Wildman–Crippen MR) is 62.4 cm³/mol. The number of rotatable bonds is 6. The van der Waals surface area contributed by atoms with Crippen LogP contribution in [0.5, 0.6) is 0 Å². The van der Waals surface area contributed by atoms with Crippen LogP contribution in [0, 0.1) is 0 Å². The number of aliphatic carboxylic acids is 1. The van der Waals surface area contributed by atoms with Crippen LogP contribution in [0.3, 0.4) is 0 Å². The number of carboxylic acid groups (broad SMARTS) is 1. The summed E-state index contributed by atoms with van der Waals surface area (Å²) >= 11 is 0. The number of nitrogens with zero attached hydrogens (tertiary/aromatic N) is 1. The molecule has 7 nitrogen and oxygen atoms in total. The van der Waals surface area contributed by atoms with E-state index in [0.717, 1.165) is 0 Å². The molecule has 0 bridgehead atoms. The van der Waals surface area contributed by atoms with Crippen LogP contribution in [0.2, 0.25) is 0 Å². The highest BCUT2D eigenvalue weighted by atomic mass is 32.3. The number of unbranched alkanes of at least 4 members (excludes halogenated alkanes) is 1. The molecule has 0 atom stereocenters. The van der Waals surface area contributed by atoms with Crippen LogP contribution in [0.4, 0.5) is 26.3 Å². The van der Waals surface area contributed by atoms with Gasteiger partial charge in [0.05, 0.1) is 0 Å². The van der Waals surface area contributed by atoms with Crippen molar-refractivity contribution in [2.24, 2.45) is 0 Å². The maximum atomic E-state index is 12.5. The van der Waals surface area contributed by atoms with Crippen LogP contribution in [0.1, 0.15) is 26.2 Å². The molecule has 0 amide bonds. The summed E-state index contributed by atoms with van der Waals surface area (Å²) in [5, 5.41) is 8.69. The molecule has 136 valence electrons. The summed E-state index contributed by atoms with van der Waals surface area (Å²) in [4.78, 5) is 10.9. The van der Waals surface area contributed by atoms with E-state index in [-0.39, 0.29) is 12.8 Å². The minimum Gasteiger partial charge on any atom is -0.473 e. The van der Waals surface area contributed by atoms with E-state index in [9.17, 15) is 48.0 Å². The third kappa shape index (κ3) is 4.33. The molecule has 0 aliphatic rings. The first-order valence-electron chi connectivity index (χ1n) is 5.54. The van der Waals surface area contributed by atoms with Crippen LogP contribution >= 0.6 is 0 Å². The molecule has 0 rings (SSSR count). The smallest absolute Gasteiger partial charge is 0.473 e. The van der Waals surface area contributed by atoms with Crippen molar-refractivity contribution in [3.63, 3.8) is 0 Å². The lowest BCUT2D eigenvalue weighted by atomic mass is 10.2. The van der Waals surface area contributed by atoms with E-state index >= 15 is 0 Å². The van der Waals surface area contributed by atoms with E-state index in [1.807, 2.05) is 0 Å². The molecule has 0 spiro atoms. The van der Waals surface area contributed by atoms with Gasteiger partial charge < -0.3 is 5.11 Å². The van der Waals surface area contributed by atoms with Crippen molar-refractivity contribution < 1.29 is 56.5 Å². The van der Waals surface area contributed by atoms with E-state index in [2.05, 4.69) is 0 Å². The van der Waals surface area contributed by atoms with E-state index in [0.29, 0.717) is 0 Å².